The Bertz CT molecular complexity index is 1730. The van der Waals surface area contributed by atoms with Crippen LogP contribution in [0.25, 0.3) is 22.2 Å². The molecular formula is C30H26F3N9. The molecule has 0 radical (unpaired) electrons. The van der Waals surface area contributed by atoms with Crippen LogP contribution < -0.4 is 10.2 Å². The molecule has 0 bridgehead atoms. The standard InChI is InChI=1S/C30H26F3N9/c1-36-16-24(13-34)23-12-27(29-25(14-35)18-39-42(29)20-23)22-4-5-28(38-17-22)41-9-7-40(8-10-41)6-2-3-21-11-26(19-37-15-21)30(31,32)33/h4-5,11-13,15-20,34,36H,6-10H2,1H3/b24-16+,34-13?. The molecule has 212 valence electrons. The van der Waals surface area contributed by atoms with Crippen LogP contribution in [0.5, 0.6) is 0 Å². The van der Waals surface area contributed by atoms with Gasteiger partial charge in [0, 0.05) is 98.3 Å². The minimum absolute atomic E-state index is 0.237. The topological polar surface area (TPSA) is 109 Å². The molecule has 42 heavy (non-hydrogen) atoms. The van der Waals surface area contributed by atoms with Crippen molar-refractivity contribution in [2.75, 3.05) is 44.7 Å². The number of nitrogens with one attached hydrogen (secondary N) is 2. The van der Waals surface area contributed by atoms with Crippen LogP contribution in [0.2, 0.25) is 0 Å². The minimum Gasteiger partial charge on any atom is -0.393 e. The van der Waals surface area contributed by atoms with E-state index in [9.17, 15) is 18.4 Å². The molecule has 1 aliphatic heterocycles. The van der Waals surface area contributed by atoms with Crippen molar-refractivity contribution in [3.8, 4) is 29.0 Å². The number of nitrogens with zero attached hydrogens (tertiary/aromatic N) is 7. The summed E-state index contributed by atoms with van der Waals surface area (Å²) in [5.41, 5.74) is 3.56. The van der Waals surface area contributed by atoms with E-state index in [2.05, 4.69) is 43.1 Å². The summed E-state index contributed by atoms with van der Waals surface area (Å²) in [5, 5.41) is 24.7. The van der Waals surface area contributed by atoms with Crippen molar-refractivity contribution in [2.45, 2.75) is 6.18 Å². The highest BCUT2D eigenvalue weighted by Gasteiger charge is 2.31. The first-order valence-electron chi connectivity index (χ1n) is 13.1. The van der Waals surface area contributed by atoms with Crippen LogP contribution in [-0.4, -0.2) is 70.5 Å². The highest BCUT2D eigenvalue weighted by molar-refractivity contribution is 6.08. The summed E-state index contributed by atoms with van der Waals surface area (Å²) in [4.78, 5) is 12.7. The highest BCUT2D eigenvalue weighted by atomic mass is 19.4. The quantitative estimate of drug-likeness (QED) is 0.266. The van der Waals surface area contributed by atoms with E-state index in [4.69, 9.17) is 10.4 Å². The number of hydrogen-bond acceptors (Lipinski definition) is 8. The van der Waals surface area contributed by atoms with Gasteiger partial charge in [-0.3, -0.25) is 9.88 Å². The van der Waals surface area contributed by atoms with Crippen molar-refractivity contribution in [3.05, 3.63) is 83.7 Å². The zero-order chi connectivity index (χ0) is 29.7. The van der Waals surface area contributed by atoms with Gasteiger partial charge in [-0.2, -0.15) is 23.5 Å². The molecule has 0 saturated carbocycles. The number of hydrogen-bond donors (Lipinski definition) is 2. The van der Waals surface area contributed by atoms with Gasteiger partial charge in [0.15, 0.2) is 0 Å². The van der Waals surface area contributed by atoms with E-state index in [-0.39, 0.29) is 5.56 Å². The first-order chi connectivity index (χ1) is 20.3. The zero-order valence-electron chi connectivity index (χ0n) is 22.7. The number of fused-ring (bicyclic) bond motifs is 1. The molecule has 2 N–H and O–H groups in total. The monoisotopic (exact) mass is 569 g/mol. The second-order valence-corrected chi connectivity index (χ2v) is 9.57. The average Bonchev–Trinajstić information content (AvgIpc) is 3.43. The van der Waals surface area contributed by atoms with Crippen molar-refractivity contribution < 1.29 is 13.2 Å². The van der Waals surface area contributed by atoms with E-state index in [1.165, 1.54) is 18.6 Å². The van der Waals surface area contributed by atoms with Crippen LogP contribution in [0.1, 0.15) is 22.3 Å². The third kappa shape index (κ3) is 6.09. The van der Waals surface area contributed by atoms with Crippen LogP contribution in [0.4, 0.5) is 19.0 Å². The first kappa shape index (κ1) is 28.3. The first-order valence-corrected chi connectivity index (χ1v) is 13.1. The second kappa shape index (κ2) is 12.1. The number of alkyl halides is 3. The van der Waals surface area contributed by atoms with Crippen LogP contribution in [0.15, 0.2) is 61.4 Å². The molecule has 1 aliphatic rings. The minimum atomic E-state index is -4.45. The number of aromatic nitrogens is 4. The van der Waals surface area contributed by atoms with Crippen molar-refractivity contribution in [1.82, 2.24) is 29.8 Å². The number of halogens is 3. The molecule has 0 unspecified atom stereocenters. The van der Waals surface area contributed by atoms with E-state index in [0.717, 1.165) is 61.0 Å². The van der Waals surface area contributed by atoms with E-state index >= 15 is 0 Å². The predicted octanol–water partition coefficient (Wildman–Crippen LogP) is 4.07. The third-order valence-corrected chi connectivity index (χ3v) is 6.88. The molecule has 0 atom stereocenters. The lowest BCUT2D eigenvalue weighted by Crippen LogP contribution is -2.46. The lowest BCUT2D eigenvalue weighted by atomic mass is 10.0. The smallest absolute Gasteiger partial charge is 0.393 e. The SMILES string of the molecule is CN/C=C(\C=N)c1cc(-c2ccc(N3CCN(CC#Cc4cncc(C(F)(F)F)c4)CC3)nc2)c2c(C#N)cnn2c1. The van der Waals surface area contributed by atoms with Gasteiger partial charge in [0.1, 0.15) is 11.9 Å². The number of allylic oxidation sites excluding steroid dienone is 1. The van der Waals surface area contributed by atoms with Crippen LogP contribution in [0.3, 0.4) is 0 Å². The summed E-state index contributed by atoms with van der Waals surface area (Å²) in [5.74, 6) is 6.56. The highest BCUT2D eigenvalue weighted by Crippen LogP contribution is 2.31. The maximum Gasteiger partial charge on any atom is 0.417 e. The van der Waals surface area contributed by atoms with Crippen LogP contribution in [-0.2, 0) is 6.18 Å². The van der Waals surface area contributed by atoms with Gasteiger partial charge in [-0.05, 0) is 24.3 Å². The van der Waals surface area contributed by atoms with Crippen molar-refractivity contribution >= 4 is 23.1 Å². The average molecular weight is 570 g/mol. The Hall–Kier alpha value is -5.20. The molecule has 9 nitrogen and oxygen atoms in total. The van der Waals surface area contributed by atoms with Crippen LogP contribution >= 0.6 is 0 Å². The Labute approximate surface area is 240 Å². The molecule has 1 saturated heterocycles. The molecule has 0 amide bonds. The summed E-state index contributed by atoms with van der Waals surface area (Å²) in [6, 6.07) is 9.04. The van der Waals surface area contributed by atoms with Crippen molar-refractivity contribution in [3.63, 3.8) is 0 Å². The molecule has 4 aromatic heterocycles. The lowest BCUT2D eigenvalue weighted by molar-refractivity contribution is -0.137. The summed E-state index contributed by atoms with van der Waals surface area (Å²) in [6.45, 7) is 3.34. The van der Waals surface area contributed by atoms with E-state index in [0.29, 0.717) is 23.2 Å². The fraction of sp³-hybridized carbons (Fsp3) is 0.233. The fourth-order valence-corrected chi connectivity index (χ4v) is 4.73. The maximum absolute atomic E-state index is 12.9. The van der Waals surface area contributed by atoms with E-state index < -0.39 is 11.7 Å². The van der Waals surface area contributed by atoms with E-state index in [1.54, 1.807) is 30.2 Å². The number of anilines is 1. The Kier molecular flexibility index (Phi) is 8.18. The predicted molar refractivity (Wildman–Crippen MR) is 154 cm³/mol. The van der Waals surface area contributed by atoms with Gasteiger partial charge < -0.3 is 15.6 Å². The van der Waals surface area contributed by atoms with Crippen LogP contribution in [0, 0.1) is 28.6 Å². The Morgan fingerprint density at radius 1 is 1.12 bits per heavy atom. The van der Waals surface area contributed by atoms with Gasteiger partial charge in [0.25, 0.3) is 0 Å². The van der Waals surface area contributed by atoms with Gasteiger partial charge in [0.2, 0.25) is 0 Å². The van der Waals surface area contributed by atoms with Gasteiger partial charge in [0.05, 0.1) is 29.4 Å². The molecule has 12 heteroatoms. The van der Waals surface area contributed by atoms with E-state index in [1.807, 2.05) is 18.2 Å². The Morgan fingerprint density at radius 2 is 1.93 bits per heavy atom. The lowest BCUT2D eigenvalue weighted by Gasteiger charge is -2.34. The third-order valence-electron chi connectivity index (χ3n) is 6.88. The molecule has 4 aromatic rings. The molecule has 0 aliphatic carbocycles. The molecular weight excluding hydrogens is 543 g/mol. The number of piperazine rings is 1. The largest absolute Gasteiger partial charge is 0.417 e. The number of nitriles is 1. The molecule has 5 heterocycles. The van der Waals surface area contributed by atoms with Crippen molar-refractivity contribution in [2.24, 2.45) is 0 Å². The number of rotatable bonds is 6. The van der Waals surface area contributed by atoms with Crippen molar-refractivity contribution in [1.29, 1.82) is 10.7 Å². The van der Waals surface area contributed by atoms with Gasteiger partial charge in [-0.25, -0.2) is 9.50 Å². The van der Waals surface area contributed by atoms with Gasteiger partial charge in [-0.1, -0.05) is 11.8 Å². The molecule has 1 fully saturated rings. The summed E-state index contributed by atoms with van der Waals surface area (Å²) in [7, 11) is 1.76. The Morgan fingerprint density at radius 3 is 2.60 bits per heavy atom. The van der Waals surface area contributed by atoms with Gasteiger partial charge in [-0.15, -0.1) is 0 Å². The Balaban J connectivity index is 1.28. The molecule has 0 spiro atoms. The molecule has 0 aromatic carbocycles. The molecule has 5 rings (SSSR count). The number of pyridine rings is 3. The maximum atomic E-state index is 12.9. The zero-order valence-corrected chi connectivity index (χ0v) is 22.7. The second-order valence-electron chi connectivity index (χ2n) is 9.57. The summed E-state index contributed by atoms with van der Waals surface area (Å²) in [6.07, 6.45) is 5.74. The summed E-state index contributed by atoms with van der Waals surface area (Å²) >= 11 is 0. The van der Waals surface area contributed by atoms with Gasteiger partial charge >= 0.3 is 6.18 Å². The summed E-state index contributed by atoms with van der Waals surface area (Å²) < 4.78 is 40.3. The normalized spacial score (nSPS) is 14.3. The fourth-order valence-electron chi connectivity index (χ4n) is 4.73.